The minimum absolute atomic E-state index is 0.651. The Morgan fingerprint density at radius 3 is 2.64 bits per heavy atom. The topological polar surface area (TPSA) is 24.1 Å². The maximum Gasteiger partial charge on any atom is 0.0686 e. The van der Waals surface area contributed by atoms with Gasteiger partial charge in [0.1, 0.15) is 0 Å². The first-order chi connectivity index (χ1) is 5.24. The third kappa shape index (κ3) is 2.26. The minimum atomic E-state index is 0.651. The predicted octanol–water partition coefficient (Wildman–Crippen LogP) is 2.72. The van der Waals surface area contributed by atoms with Gasteiger partial charge in [-0.3, -0.25) is 0 Å². The van der Waals surface area contributed by atoms with Gasteiger partial charge in [-0.15, -0.1) is 4.94 Å². The number of hydrazine groups is 1. The molecule has 2 nitrogen and oxygen atoms in total. The van der Waals surface area contributed by atoms with Gasteiger partial charge >= 0.3 is 0 Å². The van der Waals surface area contributed by atoms with Crippen molar-refractivity contribution in [2.45, 2.75) is 6.92 Å². The molecule has 11 heavy (non-hydrogen) atoms. The monoisotopic (exact) mass is 190 g/mol. The predicted molar refractivity (Wildman–Crippen MR) is 48.8 cm³/mol. The lowest BCUT2D eigenvalue weighted by molar-refractivity contribution is 1.20. The molecule has 0 amide bonds. The maximum absolute atomic E-state index is 5.85. The van der Waals surface area contributed by atoms with Crippen LogP contribution in [0.25, 0.3) is 0 Å². The van der Waals surface area contributed by atoms with Crippen LogP contribution in [0.1, 0.15) is 5.56 Å². The van der Waals surface area contributed by atoms with Gasteiger partial charge in [0.15, 0.2) is 0 Å². The van der Waals surface area contributed by atoms with E-state index < -0.39 is 0 Å². The molecule has 0 aliphatic carbocycles. The van der Waals surface area contributed by atoms with Crippen molar-refractivity contribution in [1.82, 2.24) is 4.94 Å². The van der Waals surface area contributed by atoms with E-state index in [9.17, 15) is 0 Å². The summed E-state index contributed by atoms with van der Waals surface area (Å²) in [7, 11) is 0. The highest BCUT2D eigenvalue weighted by atomic mass is 35.5. The average Bonchev–Trinajstić information content (AvgIpc) is 1.95. The molecule has 4 heteroatoms. The highest BCUT2D eigenvalue weighted by Gasteiger charge is 1.97. The van der Waals surface area contributed by atoms with Crippen molar-refractivity contribution in [2.75, 3.05) is 5.43 Å². The molecule has 60 valence electrons. The zero-order chi connectivity index (χ0) is 8.27. The number of anilines is 1. The van der Waals surface area contributed by atoms with Gasteiger partial charge in [-0.1, -0.05) is 17.7 Å². The SMILES string of the molecule is Cc1ccc(NNCl)c(Cl)c1. The van der Waals surface area contributed by atoms with Crippen LogP contribution >= 0.6 is 23.4 Å². The summed E-state index contributed by atoms with van der Waals surface area (Å²) in [6.07, 6.45) is 0. The summed E-state index contributed by atoms with van der Waals surface area (Å²) in [5.74, 6) is 0. The van der Waals surface area contributed by atoms with Crippen LogP contribution in [-0.4, -0.2) is 0 Å². The van der Waals surface area contributed by atoms with Crippen LogP contribution < -0.4 is 10.4 Å². The average molecular weight is 191 g/mol. The van der Waals surface area contributed by atoms with E-state index in [1.807, 2.05) is 25.1 Å². The molecule has 1 rings (SSSR count). The number of rotatable bonds is 2. The number of aryl methyl sites for hydroxylation is 1. The van der Waals surface area contributed by atoms with Gasteiger partial charge in [0, 0.05) is 0 Å². The van der Waals surface area contributed by atoms with E-state index in [1.165, 1.54) is 0 Å². The molecule has 1 aromatic rings. The zero-order valence-electron chi connectivity index (χ0n) is 5.99. The Balaban J connectivity index is 2.90. The van der Waals surface area contributed by atoms with Crippen LogP contribution in [0.4, 0.5) is 5.69 Å². The van der Waals surface area contributed by atoms with Crippen molar-refractivity contribution < 1.29 is 0 Å². The second-order valence-corrected chi connectivity index (χ2v) is 2.80. The Bertz CT molecular complexity index is 250. The molecule has 2 N–H and O–H groups in total. The first-order valence-corrected chi connectivity index (χ1v) is 3.87. The van der Waals surface area contributed by atoms with Crippen molar-refractivity contribution in [2.24, 2.45) is 0 Å². The van der Waals surface area contributed by atoms with Gasteiger partial charge < -0.3 is 5.43 Å². The lowest BCUT2D eigenvalue weighted by Crippen LogP contribution is -2.08. The molecule has 0 spiro atoms. The first-order valence-electron chi connectivity index (χ1n) is 3.12. The highest BCUT2D eigenvalue weighted by Crippen LogP contribution is 2.21. The molecule has 0 saturated carbocycles. The minimum Gasteiger partial charge on any atom is -0.306 e. The van der Waals surface area contributed by atoms with Crippen LogP contribution in [0, 0.1) is 6.92 Å². The second-order valence-electron chi connectivity index (χ2n) is 2.20. The fourth-order valence-corrected chi connectivity index (χ4v) is 1.16. The summed E-state index contributed by atoms with van der Waals surface area (Å²) in [4.78, 5) is 2.28. The Kier molecular flexibility index (Phi) is 3.00. The molecule has 0 bridgehead atoms. The molecule has 0 aromatic heterocycles. The Hall–Kier alpha value is -0.440. The largest absolute Gasteiger partial charge is 0.306 e. The van der Waals surface area contributed by atoms with Crippen LogP contribution in [0.5, 0.6) is 0 Å². The molecule has 0 radical (unpaired) electrons. The van der Waals surface area contributed by atoms with Crippen molar-refractivity contribution in [3.63, 3.8) is 0 Å². The number of halogens is 2. The third-order valence-corrected chi connectivity index (χ3v) is 1.71. The smallest absolute Gasteiger partial charge is 0.0686 e. The van der Waals surface area contributed by atoms with Crippen LogP contribution in [-0.2, 0) is 0 Å². The Labute approximate surface area is 75.6 Å². The standard InChI is InChI=1S/C7H8Cl2N2/c1-5-2-3-7(10-11-9)6(8)4-5/h2-4,10-11H,1H3. The lowest BCUT2D eigenvalue weighted by atomic mass is 10.2. The summed E-state index contributed by atoms with van der Waals surface area (Å²) >= 11 is 11.1. The van der Waals surface area contributed by atoms with Crippen molar-refractivity contribution >= 4 is 29.1 Å². The van der Waals surface area contributed by atoms with E-state index in [4.69, 9.17) is 23.4 Å². The molecule has 1 aromatic carbocycles. The molecule has 0 fully saturated rings. The first kappa shape index (κ1) is 8.65. The van der Waals surface area contributed by atoms with Gasteiger partial charge in [0.25, 0.3) is 0 Å². The summed E-state index contributed by atoms with van der Waals surface area (Å²) in [6.45, 7) is 1.98. The number of nitrogens with one attached hydrogen (secondary N) is 2. The van der Waals surface area contributed by atoms with E-state index in [0.717, 1.165) is 11.3 Å². The highest BCUT2D eigenvalue weighted by molar-refractivity contribution is 6.33. The van der Waals surface area contributed by atoms with E-state index in [-0.39, 0.29) is 0 Å². The fourth-order valence-electron chi connectivity index (χ4n) is 0.772. The van der Waals surface area contributed by atoms with E-state index in [1.54, 1.807) is 0 Å². The van der Waals surface area contributed by atoms with Gasteiger partial charge in [-0.2, -0.15) is 0 Å². The number of hydrogen-bond donors (Lipinski definition) is 2. The van der Waals surface area contributed by atoms with Crippen LogP contribution in [0.2, 0.25) is 5.02 Å². The second kappa shape index (κ2) is 3.81. The molecule has 0 saturated heterocycles. The third-order valence-electron chi connectivity index (χ3n) is 1.31. The van der Waals surface area contributed by atoms with E-state index in [0.29, 0.717) is 5.02 Å². The van der Waals surface area contributed by atoms with Gasteiger partial charge in [-0.25, -0.2) is 0 Å². The Morgan fingerprint density at radius 2 is 2.09 bits per heavy atom. The van der Waals surface area contributed by atoms with Crippen molar-refractivity contribution in [1.29, 1.82) is 0 Å². The molecule has 0 atom stereocenters. The van der Waals surface area contributed by atoms with Gasteiger partial charge in [0.2, 0.25) is 0 Å². The van der Waals surface area contributed by atoms with Crippen molar-refractivity contribution in [3.8, 4) is 0 Å². The molecular formula is C7H8Cl2N2. The van der Waals surface area contributed by atoms with Crippen LogP contribution in [0.15, 0.2) is 18.2 Å². The number of benzene rings is 1. The van der Waals surface area contributed by atoms with Crippen LogP contribution in [0.3, 0.4) is 0 Å². The van der Waals surface area contributed by atoms with Gasteiger partial charge in [0.05, 0.1) is 10.7 Å². The maximum atomic E-state index is 5.85. The summed E-state index contributed by atoms with van der Waals surface area (Å²) in [5.41, 5.74) is 4.58. The molecule has 0 unspecified atom stereocenters. The summed E-state index contributed by atoms with van der Waals surface area (Å²) in [6, 6.07) is 5.66. The number of hydrogen-bond acceptors (Lipinski definition) is 2. The Morgan fingerprint density at radius 1 is 1.36 bits per heavy atom. The molecule has 0 aliphatic heterocycles. The van der Waals surface area contributed by atoms with Crippen molar-refractivity contribution in [3.05, 3.63) is 28.8 Å². The summed E-state index contributed by atoms with van der Waals surface area (Å²) < 4.78 is 0. The molecule has 0 heterocycles. The van der Waals surface area contributed by atoms with E-state index >= 15 is 0 Å². The molecule has 0 aliphatic rings. The summed E-state index contributed by atoms with van der Waals surface area (Å²) in [5, 5.41) is 0.651. The van der Waals surface area contributed by atoms with E-state index in [2.05, 4.69) is 10.4 Å². The lowest BCUT2D eigenvalue weighted by Gasteiger charge is -2.04. The molecular weight excluding hydrogens is 183 g/mol. The zero-order valence-corrected chi connectivity index (χ0v) is 7.50. The quantitative estimate of drug-likeness (QED) is 0.554. The van der Waals surface area contributed by atoms with Gasteiger partial charge in [-0.05, 0) is 36.4 Å². The normalized spacial score (nSPS) is 9.73. The fraction of sp³-hybridized carbons (Fsp3) is 0.143.